The summed E-state index contributed by atoms with van der Waals surface area (Å²) in [7, 11) is 1.41. The van der Waals surface area contributed by atoms with Crippen molar-refractivity contribution in [2.24, 2.45) is 0 Å². The van der Waals surface area contributed by atoms with Gasteiger partial charge in [-0.1, -0.05) is 23.7 Å². The van der Waals surface area contributed by atoms with Crippen LogP contribution in [0.15, 0.2) is 36.4 Å². The maximum absolute atomic E-state index is 13.8. The van der Waals surface area contributed by atoms with Crippen LogP contribution in [0.25, 0.3) is 0 Å². The lowest BCUT2D eigenvalue weighted by molar-refractivity contribution is -0.384. The van der Waals surface area contributed by atoms with Gasteiger partial charge in [0.15, 0.2) is 0 Å². The molecule has 20 heavy (non-hydrogen) atoms. The quantitative estimate of drug-likeness (QED) is 0.633. The number of hydrogen-bond donors (Lipinski definition) is 0. The molecule has 0 aliphatic carbocycles. The summed E-state index contributed by atoms with van der Waals surface area (Å²) in [4.78, 5) is 10.2. The van der Waals surface area contributed by atoms with Gasteiger partial charge < -0.3 is 4.74 Å². The van der Waals surface area contributed by atoms with E-state index in [1.54, 1.807) is 18.2 Å². The second-order valence-electron chi connectivity index (χ2n) is 4.14. The van der Waals surface area contributed by atoms with Gasteiger partial charge in [0.1, 0.15) is 11.6 Å². The lowest BCUT2D eigenvalue weighted by Crippen LogP contribution is -1.98. The van der Waals surface area contributed by atoms with E-state index >= 15 is 0 Å². The topological polar surface area (TPSA) is 52.4 Å². The molecule has 0 unspecified atom stereocenters. The molecular formula is C14H11ClFNO3. The highest BCUT2D eigenvalue weighted by Crippen LogP contribution is 2.28. The zero-order valence-corrected chi connectivity index (χ0v) is 11.4. The summed E-state index contributed by atoms with van der Waals surface area (Å²) in [5.41, 5.74) is 0.987. The van der Waals surface area contributed by atoms with Gasteiger partial charge in [-0.05, 0) is 23.3 Å². The SMILES string of the molecule is COc1cc([N+](=O)[O-])ccc1Cc1cccc(Cl)c1F. The number of methoxy groups -OCH3 is 1. The normalized spacial score (nSPS) is 10.3. The molecule has 2 aromatic rings. The average Bonchev–Trinajstić information content (AvgIpc) is 2.44. The van der Waals surface area contributed by atoms with E-state index < -0.39 is 10.7 Å². The molecule has 0 aromatic heterocycles. The fourth-order valence-electron chi connectivity index (χ4n) is 1.88. The van der Waals surface area contributed by atoms with E-state index in [4.69, 9.17) is 16.3 Å². The Labute approximate surface area is 119 Å². The molecule has 104 valence electrons. The summed E-state index contributed by atoms with van der Waals surface area (Å²) >= 11 is 5.72. The Balaban J connectivity index is 2.38. The first-order valence-corrected chi connectivity index (χ1v) is 6.15. The zero-order valence-electron chi connectivity index (χ0n) is 10.6. The molecule has 0 spiro atoms. The molecule has 2 aromatic carbocycles. The summed E-state index contributed by atoms with van der Waals surface area (Å²) in [6, 6.07) is 8.96. The molecule has 0 atom stereocenters. The highest BCUT2D eigenvalue weighted by atomic mass is 35.5. The Morgan fingerprint density at radius 3 is 2.70 bits per heavy atom. The van der Waals surface area contributed by atoms with Gasteiger partial charge in [-0.15, -0.1) is 0 Å². The summed E-state index contributed by atoms with van der Waals surface area (Å²) in [5.74, 6) is -0.145. The van der Waals surface area contributed by atoms with Crippen LogP contribution in [0.1, 0.15) is 11.1 Å². The number of nitrogens with zero attached hydrogens (tertiary/aromatic N) is 1. The zero-order chi connectivity index (χ0) is 14.7. The van der Waals surface area contributed by atoms with Gasteiger partial charge in [0.2, 0.25) is 0 Å². The van der Waals surface area contributed by atoms with Crippen LogP contribution in [0, 0.1) is 15.9 Å². The standard InChI is InChI=1S/C14H11ClFNO3/c1-20-13-8-11(17(18)19)6-5-9(13)7-10-3-2-4-12(15)14(10)16/h2-6,8H,7H2,1H3. The van der Waals surface area contributed by atoms with Gasteiger partial charge >= 0.3 is 0 Å². The second-order valence-corrected chi connectivity index (χ2v) is 4.55. The first-order chi connectivity index (χ1) is 9.52. The highest BCUT2D eigenvalue weighted by molar-refractivity contribution is 6.30. The van der Waals surface area contributed by atoms with E-state index in [-0.39, 0.29) is 17.1 Å². The third-order valence-corrected chi connectivity index (χ3v) is 3.19. The van der Waals surface area contributed by atoms with Gasteiger partial charge in [-0.25, -0.2) is 4.39 Å². The minimum atomic E-state index is -0.508. The van der Waals surface area contributed by atoms with Gasteiger partial charge in [0.05, 0.1) is 23.1 Å². The lowest BCUT2D eigenvalue weighted by atomic mass is 10.0. The van der Waals surface area contributed by atoms with Crippen molar-refractivity contribution in [2.45, 2.75) is 6.42 Å². The lowest BCUT2D eigenvalue weighted by Gasteiger charge is -2.09. The molecule has 0 bridgehead atoms. The molecule has 0 saturated carbocycles. The Hall–Kier alpha value is -2.14. The van der Waals surface area contributed by atoms with Gasteiger partial charge in [0, 0.05) is 12.5 Å². The maximum Gasteiger partial charge on any atom is 0.273 e. The molecule has 4 nitrogen and oxygen atoms in total. The van der Waals surface area contributed by atoms with Crippen LogP contribution in [0.2, 0.25) is 5.02 Å². The predicted molar refractivity (Wildman–Crippen MR) is 73.9 cm³/mol. The summed E-state index contributed by atoms with van der Waals surface area (Å²) in [6.07, 6.45) is 0.244. The van der Waals surface area contributed by atoms with Crippen LogP contribution in [-0.2, 0) is 6.42 Å². The Bertz CT molecular complexity index is 661. The second kappa shape index (κ2) is 5.88. The van der Waals surface area contributed by atoms with E-state index in [1.807, 2.05) is 0 Å². The number of nitro benzene ring substituents is 1. The number of rotatable bonds is 4. The van der Waals surface area contributed by atoms with Crippen molar-refractivity contribution >= 4 is 17.3 Å². The van der Waals surface area contributed by atoms with Gasteiger partial charge in [-0.3, -0.25) is 10.1 Å². The molecule has 0 saturated heterocycles. The molecule has 0 N–H and O–H groups in total. The van der Waals surface area contributed by atoms with Crippen molar-refractivity contribution in [1.29, 1.82) is 0 Å². The van der Waals surface area contributed by atoms with Crippen molar-refractivity contribution in [3.05, 3.63) is 68.5 Å². The van der Waals surface area contributed by atoms with E-state index in [9.17, 15) is 14.5 Å². The maximum atomic E-state index is 13.8. The molecule has 0 aliphatic rings. The summed E-state index contributed by atoms with van der Waals surface area (Å²) < 4.78 is 19.0. The fourth-order valence-corrected chi connectivity index (χ4v) is 2.08. The predicted octanol–water partition coefficient (Wildman–Crippen LogP) is 3.99. The van der Waals surface area contributed by atoms with E-state index in [0.29, 0.717) is 16.9 Å². The monoisotopic (exact) mass is 295 g/mol. The van der Waals surface area contributed by atoms with Crippen molar-refractivity contribution in [1.82, 2.24) is 0 Å². The molecule has 6 heteroatoms. The molecule has 0 amide bonds. The van der Waals surface area contributed by atoms with Crippen LogP contribution < -0.4 is 4.74 Å². The number of non-ortho nitro benzene ring substituents is 1. The van der Waals surface area contributed by atoms with Gasteiger partial charge in [0.25, 0.3) is 5.69 Å². The number of hydrogen-bond acceptors (Lipinski definition) is 3. The first-order valence-electron chi connectivity index (χ1n) is 5.77. The third kappa shape index (κ3) is 2.88. The Morgan fingerprint density at radius 2 is 2.05 bits per heavy atom. The van der Waals surface area contributed by atoms with Crippen LogP contribution in [-0.4, -0.2) is 12.0 Å². The molecule has 0 aliphatic heterocycles. The Kier molecular flexibility index (Phi) is 4.20. The molecule has 2 rings (SSSR count). The molecule has 0 heterocycles. The van der Waals surface area contributed by atoms with Crippen LogP contribution in [0.5, 0.6) is 5.75 Å². The van der Waals surface area contributed by atoms with E-state index in [2.05, 4.69) is 0 Å². The minimum absolute atomic E-state index is 0.0448. The van der Waals surface area contributed by atoms with E-state index in [1.165, 1.54) is 25.3 Å². The third-order valence-electron chi connectivity index (χ3n) is 2.89. The molecular weight excluding hydrogens is 285 g/mol. The number of halogens is 2. The van der Waals surface area contributed by atoms with Crippen molar-refractivity contribution in [3.63, 3.8) is 0 Å². The molecule has 0 radical (unpaired) electrons. The van der Waals surface area contributed by atoms with Crippen molar-refractivity contribution < 1.29 is 14.1 Å². The first kappa shape index (κ1) is 14.3. The van der Waals surface area contributed by atoms with Crippen LogP contribution in [0.3, 0.4) is 0 Å². The number of ether oxygens (including phenoxy) is 1. The minimum Gasteiger partial charge on any atom is -0.496 e. The fraction of sp³-hybridized carbons (Fsp3) is 0.143. The van der Waals surface area contributed by atoms with Crippen molar-refractivity contribution in [2.75, 3.05) is 7.11 Å². The largest absolute Gasteiger partial charge is 0.496 e. The molecule has 0 fully saturated rings. The number of nitro groups is 1. The van der Waals surface area contributed by atoms with E-state index in [0.717, 1.165) is 0 Å². The number of benzene rings is 2. The average molecular weight is 296 g/mol. The highest BCUT2D eigenvalue weighted by Gasteiger charge is 2.14. The summed E-state index contributed by atoms with van der Waals surface area (Å²) in [5, 5.41) is 10.8. The van der Waals surface area contributed by atoms with Crippen LogP contribution >= 0.6 is 11.6 Å². The van der Waals surface area contributed by atoms with Crippen LogP contribution in [0.4, 0.5) is 10.1 Å². The smallest absolute Gasteiger partial charge is 0.273 e. The summed E-state index contributed by atoms with van der Waals surface area (Å²) in [6.45, 7) is 0. The Morgan fingerprint density at radius 1 is 1.30 bits per heavy atom. The van der Waals surface area contributed by atoms with Gasteiger partial charge in [-0.2, -0.15) is 0 Å². The van der Waals surface area contributed by atoms with Crippen molar-refractivity contribution in [3.8, 4) is 5.75 Å².